The molecule has 1 saturated heterocycles. The summed E-state index contributed by atoms with van der Waals surface area (Å²) in [6, 6.07) is -0.00411. The molecule has 0 saturated carbocycles. The van der Waals surface area contributed by atoms with E-state index >= 15 is 0 Å². The van der Waals surface area contributed by atoms with Gasteiger partial charge in [0.25, 0.3) is 0 Å². The molecular formula is C11H13F3N4O2. The largest absolute Gasteiger partial charge is 0.433 e. The SMILES string of the molecule is CO[C@H]1C[C@@H](C(N)=O)N(c2nccc(C(F)(F)F)n2)C1. The highest BCUT2D eigenvalue weighted by molar-refractivity contribution is 5.83. The molecule has 6 nitrogen and oxygen atoms in total. The number of nitrogens with two attached hydrogens (primary N) is 1. The molecular weight excluding hydrogens is 277 g/mol. The molecule has 0 radical (unpaired) electrons. The Kier molecular flexibility index (Phi) is 3.80. The van der Waals surface area contributed by atoms with Crippen LogP contribution in [0, 0.1) is 0 Å². The number of alkyl halides is 3. The molecule has 0 aromatic carbocycles. The topological polar surface area (TPSA) is 81.3 Å². The minimum absolute atomic E-state index is 0.178. The van der Waals surface area contributed by atoms with E-state index in [9.17, 15) is 18.0 Å². The van der Waals surface area contributed by atoms with Crippen molar-refractivity contribution < 1.29 is 22.7 Å². The van der Waals surface area contributed by atoms with Gasteiger partial charge in [0.15, 0.2) is 0 Å². The van der Waals surface area contributed by atoms with Crippen molar-refractivity contribution in [1.29, 1.82) is 0 Å². The summed E-state index contributed by atoms with van der Waals surface area (Å²) in [7, 11) is 1.46. The molecule has 2 heterocycles. The highest BCUT2D eigenvalue weighted by Gasteiger charge is 2.39. The summed E-state index contributed by atoms with van der Waals surface area (Å²) in [4.78, 5) is 20.0. The Bertz CT molecular complexity index is 509. The van der Waals surface area contributed by atoms with E-state index in [4.69, 9.17) is 10.5 Å². The van der Waals surface area contributed by atoms with E-state index in [-0.39, 0.29) is 18.6 Å². The van der Waals surface area contributed by atoms with Crippen molar-refractivity contribution in [2.45, 2.75) is 24.7 Å². The zero-order valence-corrected chi connectivity index (χ0v) is 10.6. The van der Waals surface area contributed by atoms with Crippen LogP contribution in [0.15, 0.2) is 12.3 Å². The van der Waals surface area contributed by atoms with Crippen molar-refractivity contribution in [3.8, 4) is 0 Å². The van der Waals surface area contributed by atoms with Crippen molar-refractivity contribution in [1.82, 2.24) is 9.97 Å². The zero-order chi connectivity index (χ0) is 14.9. The third-order valence-electron chi connectivity index (χ3n) is 3.11. The number of primary amides is 1. The van der Waals surface area contributed by atoms with E-state index in [2.05, 4.69) is 9.97 Å². The summed E-state index contributed by atoms with van der Waals surface area (Å²) in [5.74, 6) is -0.825. The number of anilines is 1. The van der Waals surface area contributed by atoms with Gasteiger partial charge in [-0.1, -0.05) is 0 Å². The Hall–Kier alpha value is -1.90. The maximum absolute atomic E-state index is 12.6. The van der Waals surface area contributed by atoms with Crippen LogP contribution in [0.3, 0.4) is 0 Å². The third kappa shape index (κ3) is 2.82. The fraction of sp³-hybridized carbons (Fsp3) is 0.545. The number of ether oxygens (including phenoxy) is 1. The van der Waals surface area contributed by atoms with E-state index in [0.717, 1.165) is 12.3 Å². The van der Waals surface area contributed by atoms with Gasteiger partial charge in [-0.3, -0.25) is 4.79 Å². The predicted octanol–water partition coefficient (Wildman–Crippen LogP) is 0.574. The second-order valence-corrected chi connectivity index (χ2v) is 4.40. The lowest BCUT2D eigenvalue weighted by atomic mass is 10.2. The van der Waals surface area contributed by atoms with Crippen molar-refractivity contribution in [2.24, 2.45) is 5.73 Å². The van der Waals surface area contributed by atoms with Crippen molar-refractivity contribution in [3.05, 3.63) is 18.0 Å². The number of hydrogen-bond donors (Lipinski definition) is 1. The van der Waals surface area contributed by atoms with Gasteiger partial charge in [-0.05, 0) is 6.07 Å². The number of carbonyl (C=O) groups excluding carboxylic acids is 1. The van der Waals surface area contributed by atoms with E-state index < -0.39 is 23.8 Å². The lowest BCUT2D eigenvalue weighted by Gasteiger charge is -2.22. The van der Waals surface area contributed by atoms with E-state index in [1.807, 2.05) is 0 Å². The summed E-state index contributed by atoms with van der Waals surface area (Å²) < 4.78 is 43.0. The maximum Gasteiger partial charge on any atom is 0.433 e. The Morgan fingerprint density at radius 1 is 1.55 bits per heavy atom. The molecule has 20 heavy (non-hydrogen) atoms. The molecule has 0 aliphatic carbocycles. The Morgan fingerprint density at radius 2 is 2.25 bits per heavy atom. The molecule has 2 rings (SSSR count). The first-order valence-corrected chi connectivity index (χ1v) is 5.82. The van der Waals surface area contributed by atoms with E-state index in [1.165, 1.54) is 12.0 Å². The van der Waals surface area contributed by atoms with Crippen molar-refractivity contribution in [3.63, 3.8) is 0 Å². The van der Waals surface area contributed by atoms with Crippen LogP contribution in [0.4, 0.5) is 19.1 Å². The average Bonchev–Trinajstić information content (AvgIpc) is 2.82. The van der Waals surface area contributed by atoms with Crippen LogP contribution in [0.1, 0.15) is 12.1 Å². The molecule has 1 amide bonds. The molecule has 110 valence electrons. The molecule has 0 unspecified atom stereocenters. The molecule has 2 N–H and O–H groups in total. The highest BCUT2D eigenvalue weighted by Crippen LogP contribution is 2.30. The van der Waals surface area contributed by atoms with Gasteiger partial charge >= 0.3 is 6.18 Å². The number of methoxy groups -OCH3 is 1. The molecule has 1 aromatic heterocycles. The number of halogens is 3. The fourth-order valence-electron chi connectivity index (χ4n) is 2.10. The number of rotatable bonds is 3. The number of hydrogen-bond acceptors (Lipinski definition) is 5. The van der Waals surface area contributed by atoms with Gasteiger partial charge in [-0.25, -0.2) is 9.97 Å². The van der Waals surface area contributed by atoms with Crippen LogP contribution in [0.2, 0.25) is 0 Å². The summed E-state index contributed by atoms with van der Waals surface area (Å²) in [6.45, 7) is 0.214. The van der Waals surface area contributed by atoms with Crippen LogP contribution in [-0.4, -0.2) is 41.7 Å². The number of carbonyl (C=O) groups is 1. The summed E-state index contributed by atoms with van der Waals surface area (Å²) in [5.41, 5.74) is 4.19. The smallest absolute Gasteiger partial charge is 0.380 e. The predicted molar refractivity (Wildman–Crippen MR) is 62.8 cm³/mol. The summed E-state index contributed by atoms with van der Waals surface area (Å²) >= 11 is 0. The monoisotopic (exact) mass is 290 g/mol. The van der Waals surface area contributed by atoms with Crippen molar-refractivity contribution in [2.75, 3.05) is 18.6 Å². The molecule has 1 aromatic rings. The normalized spacial score (nSPS) is 23.1. The lowest BCUT2D eigenvalue weighted by Crippen LogP contribution is -2.41. The van der Waals surface area contributed by atoms with Crippen molar-refractivity contribution >= 4 is 11.9 Å². The molecule has 0 bridgehead atoms. The fourth-order valence-corrected chi connectivity index (χ4v) is 2.10. The Labute approximate surface area is 112 Å². The summed E-state index contributed by atoms with van der Waals surface area (Å²) in [6.07, 6.45) is -3.57. The Balaban J connectivity index is 2.32. The highest BCUT2D eigenvalue weighted by atomic mass is 19.4. The van der Waals surface area contributed by atoms with E-state index in [1.54, 1.807) is 0 Å². The van der Waals surface area contributed by atoms with E-state index in [0.29, 0.717) is 6.42 Å². The van der Waals surface area contributed by atoms with Crippen LogP contribution < -0.4 is 10.6 Å². The molecule has 1 aliphatic rings. The lowest BCUT2D eigenvalue weighted by molar-refractivity contribution is -0.141. The minimum atomic E-state index is -4.57. The zero-order valence-electron chi connectivity index (χ0n) is 10.6. The standard InChI is InChI=1S/C11H13F3N4O2/c1-20-6-4-7(9(15)19)18(5-6)10-16-3-2-8(17-10)11(12,13)14/h2-3,6-7H,4-5H2,1H3,(H2,15,19)/t6-,7-/m0/s1. The summed E-state index contributed by atoms with van der Waals surface area (Å²) in [5, 5.41) is 0. The molecule has 2 atom stereocenters. The molecule has 1 fully saturated rings. The van der Waals surface area contributed by atoms with Crippen LogP contribution >= 0.6 is 0 Å². The first-order chi connectivity index (χ1) is 9.32. The van der Waals surface area contributed by atoms with Gasteiger partial charge in [0.05, 0.1) is 6.10 Å². The minimum Gasteiger partial charge on any atom is -0.380 e. The first kappa shape index (κ1) is 14.5. The van der Waals surface area contributed by atoms with Crippen LogP contribution in [-0.2, 0) is 15.7 Å². The number of amides is 1. The molecule has 1 aliphatic heterocycles. The van der Waals surface area contributed by atoms with Gasteiger partial charge in [0, 0.05) is 26.3 Å². The first-order valence-electron chi connectivity index (χ1n) is 5.82. The van der Waals surface area contributed by atoms with Gasteiger partial charge < -0.3 is 15.4 Å². The third-order valence-corrected chi connectivity index (χ3v) is 3.11. The quantitative estimate of drug-likeness (QED) is 0.880. The van der Waals surface area contributed by atoms with Gasteiger partial charge in [-0.2, -0.15) is 13.2 Å². The molecule has 0 spiro atoms. The maximum atomic E-state index is 12.6. The Morgan fingerprint density at radius 3 is 2.80 bits per heavy atom. The average molecular weight is 290 g/mol. The second kappa shape index (κ2) is 5.23. The number of nitrogens with zero attached hydrogens (tertiary/aromatic N) is 3. The van der Waals surface area contributed by atoms with Crippen LogP contribution in [0.25, 0.3) is 0 Å². The molecule has 9 heteroatoms. The van der Waals surface area contributed by atoms with Gasteiger partial charge in [0.1, 0.15) is 11.7 Å². The van der Waals surface area contributed by atoms with Gasteiger partial charge in [0.2, 0.25) is 11.9 Å². The second-order valence-electron chi connectivity index (χ2n) is 4.40. The number of aromatic nitrogens is 2. The van der Waals surface area contributed by atoms with Gasteiger partial charge in [-0.15, -0.1) is 0 Å². The van der Waals surface area contributed by atoms with Crippen LogP contribution in [0.5, 0.6) is 0 Å².